The Morgan fingerprint density at radius 3 is 2.24 bits per heavy atom. The molecule has 3 aromatic carbocycles. The van der Waals surface area contributed by atoms with Crippen molar-refractivity contribution >= 4 is 39.1 Å². The highest BCUT2D eigenvalue weighted by molar-refractivity contribution is 7.92. The Labute approximate surface area is 226 Å². The van der Waals surface area contributed by atoms with Crippen LogP contribution in [0.15, 0.2) is 77.7 Å². The van der Waals surface area contributed by atoms with Gasteiger partial charge in [-0.2, -0.15) is 0 Å². The number of carbonyl (C=O) groups is 2. The minimum atomic E-state index is -3.91. The highest BCUT2D eigenvalue weighted by Gasteiger charge is 2.26. The molecule has 0 aliphatic rings. The molecule has 3 rings (SSSR count). The van der Waals surface area contributed by atoms with Gasteiger partial charge in [0.15, 0.2) is 6.61 Å². The average molecular weight is 562 g/mol. The molecule has 202 valence electrons. The standard InChI is InChI=1S/C27H29ClFN3O5S/c1-3-16-30-27(34)19(2)32(17-20-4-6-21(28)7-5-20)26(33)18-37-24-12-14-25(15-13-24)38(35,36)31-23-10-8-22(29)9-11-23/h4-15,19,31H,3,16-18H2,1-2H3,(H,30,34)/t19-/m0/s1. The summed E-state index contributed by atoms with van der Waals surface area (Å²) in [6.45, 7) is 3.89. The summed E-state index contributed by atoms with van der Waals surface area (Å²) in [4.78, 5) is 27.1. The fourth-order valence-electron chi connectivity index (χ4n) is 3.44. The summed E-state index contributed by atoms with van der Waals surface area (Å²) in [5.41, 5.74) is 1.01. The van der Waals surface area contributed by atoms with Crippen LogP contribution in [0.2, 0.25) is 5.02 Å². The number of rotatable bonds is 12. The van der Waals surface area contributed by atoms with Crippen LogP contribution in [0.5, 0.6) is 5.75 Å². The van der Waals surface area contributed by atoms with Crippen LogP contribution in [0.4, 0.5) is 10.1 Å². The lowest BCUT2D eigenvalue weighted by atomic mass is 10.1. The van der Waals surface area contributed by atoms with E-state index in [9.17, 15) is 22.4 Å². The monoisotopic (exact) mass is 561 g/mol. The fraction of sp³-hybridized carbons (Fsp3) is 0.259. The lowest BCUT2D eigenvalue weighted by Crippen LogP contribution is -2.49. The minimum Gasteiger partial charge on any atom is -0.484 e. The summed E-state index contributed by atoms with van der Waals surface area (Å²) in [6, 6.07) is 16.7. The van der Waals surface area contributed by atoms with Crippen molar-refractivity contribution in [3.63, 3.8) is 0 Å². The minimum absolute atomic E-state index is 0.0360. The molecule has 0 fully saturated rings. The summed E-state index contributed by atoms with van der Waals surface area (Å²) in [6.07, 6.45) is 0.762. The lowest BCUT2D eigenvalue weighted by Gasteiger charge is -2.28. The second-order valence-electron chi connectivity index (χ2n) is 8.49. The molecule has 0 aliphatic carbocycles. The first-order valence-corrected chi connectivity index (χ1v) is 13.8. The van der Waals surface area contributed by atoms with Gasteiger partial charge in [0.05, 0.1) is 4.90 Å². The zero-order valence-electron chi connectivity index (χ0n) is 21.0. The van der Waals surface area contributed by atoms with Gasteiger partial charge in [-0.15, -0.1) is 0 Å². The van der Waals surface area contributed by atoms with Gasteiger partial charge in [-0.25, -0.2) is 12.8 Å². The zero-order chi connectivity index (χ0) is 27.7. The molecule has 8 nitrogen and oxygen atoms in total. The number of hydrogen-bond donors (Lipinski definition) is 2. The van der Waals surface area contributed by atoms with Crippen LogP contribution in [0.3, 0.4) is 0 Å². The summed E-state index contributed by atoms with van der Waals surface area (Å²) in [7, 11) is -3.91. The Kier molecular flexibility index (Phi) is 10.1. The summed E-state index contributed by atoms with van der Waals surface area (Å²) < 4.78 is 46.3. The van der Waals surface area contributed by atoms with Crippen molar-refractivity contribution in [1.29, 1.82) is 0 Å². The molecule has 0 saturated heterocycles. The van der Waals surface area contributed by atoms with Gasteiger partial charge in [0.1, 0.15) is 17.6 Å². The molecule has 0 spiro atoms. The molecule has 11 heteroatoms. The first kappa shape index (κ1) is 28.9. The number of sulfonamides is 1. The lowest BCUT2D eigenvalue weighted by molar-refractivity contribution is -0.142. The second-order valence-corrected chi connectivity index (χ2v) is 10.6. The number of amides is 2. The highest BCUT2D eigenvalue weighted by atomic mass is 35.5. The first-order valence-electron chi connectivity index (χ1n) is 11.9. The van der Waals surface area contributed by atoms with Gasteiger partial charge in [-0.1, -0.05) is 30.7 Å². The molecular weight excluding hydrogens is 533 g/mol. The molecule has 0 radical (unpaired) electrons. The molecule has 2 N–H and O–H groups in total. The van der Waals surface area contributed by atoms with E-state index in [1.165, 1.54) is 41.3 Å². The third-order valence-corrected chi connectivity index (χ3v) is 7.22. The van der Waals surface area contributed by atoms with Crippen LogP contribution in [0.25, 0.3) is 0 Å². The predicted octanol–water partition coefficient (Wildman–Crippen LogP) is 4.60. The molecule has 0 aromatic heterocycles. The Morgan fingerprint density at radius 2 is 1.63 bits per heavy atom. The van der Waals surface area contributed by atoms with E-state index in [1.807, 2.05) is 6.92 Å². The Balaban J connectivity index is 1.67. The number of hydrogen-bond acceptors (Lipinski definition) is 5. The molecule has 1 atom stereocenters. The van der Waals surface area contributed by atoms with Gasteiger partial charge in [0.25, 0.3) is 15.9 Å². The number of halogens is 2. The van der Waals surface area contributed by atoms with Crippen LogP contribution in [-0.4, -0.2) is 44.3 Å². The second kappa shape index (κ2) is 13.3. The first-order chi connectivity index (χ1) is 18.1. The van der Waals surface area contributed by atoms with E-state index in [1.54, 1.807) is 31.2 Å². The Hall–Kier alpha value is -3.63. The largest absolute Gasteiger partial charge is 0.484 e. The molecule has 0 unspecified atom stereocenters. The van der Waals surface area contributed by atoms with E-state index in [0.717, 1.165) is 24.1 Å². The van der Waals surface area contributed by atoms with E-state index in [0.29, 0.717) is 11.6 Å². The average Bonchev–Trinajstić information content (AvgIpc) is 2.91. The highest BCUT2D eigenvalue weighted by Crippen LogP contribution is 2.20. The third-order valence-electron chi connectivity index (χ3n) is 5.58. The molecule has 2 amide bonds. The van der Waals surface area contributed by atoms with Gasteiger partial charge in [-0.05, 0) is 79.6 Å². The van der Waals surface area contributed by atoms with Gasteiger partial charge < -0.3 is 15.0 Å². The molecule has 38 heavy (non-hydrogen) atoms. The molecule has 3 aromatic rings. The molecule has 0 aliphatic heterocycles. The van der Waals surface area contributed by atoms with E-state index in [-0.39, 0.29) is 35.4 Å². The van der Waals surface area contributed by atoms with E-state index >= 15 is 0 Å². The van der Waals surface area contributed by atoms with Gasteiger partial charge >= 0.3 is 0 Å². The fourth-order valence-corrected chi connectivity index (χ4v) is 4.62. The molecule has 0 saturated carbocycles. The topological polar surface area (TPSA) is 105 Å². The number of benzene rings is 3. The normalized spacial score (nSPS) is 11.9. The zero-order valence-corrected chi connectivity index (χ0v) is 22.6. The van der Waals surface area contributed by atoms with Crippen LogP contribution < -0.4 is 14.8 Å². The number of carbonyl (C=O) groups excluding carboxylic acids is 2. The van der Waals surface area contributed by atoms with Crippen molar-refractivity contribution in [2.45, 2.75) is 37.8 Å². The quantitative estimate of drug-likeness (QED) is 0.336. The third kappa shape index (κ3) is 8.19. The number of nitrogens with one attached hydrogen (secondary N) is 2. The van der Waals surface area contributed by atoms with E-state index in [2.05, 4.69) is 10.0 Å². The van der Waals surface area contributed by atoms with Gasteiger partial charge in [-0.3, -0.25) is 14.3 Å². The van der Waals surface area contributed by atoms with Gasteiger partial charge in [0.2, 0.25) is 5.91 Å². The predicted molar refractivity (Wildman–Crippen MR) is 144 cm³/mol. The summed E-state index contributed by atoms with van der Waals surface area (Å²) in [5.74, 6) is -0.911. The number of nitrogens with zero attached hydrogens (tertiary/aromatic N) is 1. The Morgan fingerprint density at radius 1 is 1.00 bits per heavy atom. The molecule has 0 heterocycles. The Bertz CT molecular complexity index is 1330. The van der Waals surface area contributed by atoms with Crippen LogP contribution >= 0.6 is 11.6 Å². The smallest absolute Gasteiger partial charge is 0.261 e. The van der Waals surface area contributed by atoms with Crippen molar-refractivity contribution in [2.75, 3.05) is 17.9 Å². The van der Waals surface area contributed by atoms with Crippen molar-refractivity contribution < 1.29 is 27.1 Å². The SMILES string of the molecule is CCCNC(=O)[C@H](C)N(Cc1ccc(Cl)cc1)C(=O)COc1ccc(S(=O)(=O)Nc2ccc(F)cc2)cc1. The van der Waals surface area contributed by atoms with Crippen LogP contribution in [0.1, 0.15) is 25.8 Å². The van der Waals surface area contributed by atoms with Crippen molar-refractivity contribution in [3.05, 3.63) is 89.2 Å². The maximum Gasteiger partial charge on any atom is 0.261 e. The van der Waals surface area contributed by atoms with E-state index in [4.69, 9.17) is 16.3 Å². The van der Waals surface area contributed by atoms with E-state index < -0.39 is 27.8 Å². The number of anilines is 1. The summed E-state index contributed by atoms with van der Waals surface area (Å²) in [5, 5.41) is 3.36. The van der Waals surface area contributed by atoms with Crippen LogP contribution in [0, 0.1) is 5.82 Å². The van der Waals surface area contributed by atoms with Crippen molar-refractivity contribution in [3.8, 4) is 5.75 Å². The number of ether oxygens (including phenoxy) is 1. The summed E-state index contributed by atoms with van der Waals surface area (Å²) >= 11 is 5.96. The molecular formula is C27H29ClFN3O5S. The van der Waals surface area contributed by atoms with Gasteiger partial charge in [0, 0.05) is 23.8 Å². The van der Waals surface area contributed by atoms with Crippen molar-refractivity contribution in [1.82, 2.24) is 10.2 Å². The molecule has 0 bridgehead atoms. The van der Waals surface area contributed by atoms with Crippen molar-refractivity contribution in [2.24, 2.45) is 0 Å². The maximum atomic E-state index is 13.1. The maximum absolute atomic E-state index is 13.1. The van der Waals surface area contributed by atoms with Crippen LogP contribution in [-0.2, 0) is 26.2 Å².